The van der Waals surface area contributed by atoms with E-state index in [-0.39, 0.29) is 5.41 Å². The van der Waals surface area contributed by atoms with Gasteiger partial charge in [0.2, 0.25) is 0 Å². The Bertz CT molecular complexity index is 479. The molecule has 2 aromatic heterocycles. The first-order valence-electron chi connectivity index (χ1n) is 6.77. The van der Waals surface area contributed by atoms with E-state index in [9.17, 15) is 0 Å². The van der Waals surface area contributed by atoms with Crippen LogP contribution in [-0.4, -0.2) is 36.2 Å². The van der Waals surface area contributed by atoms with Crippen LogP contribution < -0.4 is 5.32 Å². The summed E-state index contributed by atoms with van der Waals surface area (Å²) in [6.45, 7) is 7.24. The molecule has 2 heterocycles. The van der Waals surface area contributed by atoms with Crippen LogP contribution >= 0.6 is 11.3 Å². The second-order valence-corrected chi connectivity index (χ2v) is 6.21. The summed E-state index contributed by atoms with van der Waals surface area (Å²) in [5.74, 6) is 0. The molecule has 4 nitrogen and oxygen atoms in total. The van der Waals surface area contributed by atoms with Gasteiger partial charge in [-0.05, 0) is 18.3 Å². The molecule has 0 saturated heterocycles. The Labute approximate surface area is 118 Å². The Morgan fingerprint density at radius 2 is 2.37 bits per heavy atom. The molecule has 1 N–H and O–H groups in total. The summed E-state index contributed by atoms with van der Waals surface area (Å²) >= 11 is 1.69. The normalized spacial score (nSPS) is 14.9. The molecule has 2 rings (SSSR count). The molecular weight excluding hydrogens is 258 g/mol. The highest BCUT2D eigenvalue weighted by Gasteiger charge is 2.23. The van der Waals surface area contributed by atoms with E-state index in [1.54, 1.807) is 18.4 Å². The van der Waals surface area contributed by atoms with Gasteiger partial charge in [0.1, 0.15) is 0 Å². The number of aromatic nitrogens is 2. The number of hydrogen-bond donors (Lipinski definition) is 1. The van der Waals surface area contributed by atoms with Crippen LogP contribution in [0.3, 0.4) is 0 Å². The zero-order valence-electron chi connectivity index (χ0n) is 12.0. The summed E-state index contributed by atoms with van der Waals surface area (Å²) in [5.41, 5.74) is 1.43. The maximum Gasteiger partial charge on any atom is 0.193 e. The fraction of sp³-hybridized carbons (Fsp3) is 0.643. The third kappa shape index (κ3) is 3.78. The minimum atomic E-state index is 0.248. The van der Waals surface area contributed by atoms with Crippen molar-refractivity contribution in [3.8, 4) is 0 Å². The summed E-state index contributed by atoms with van der Waals surface area (Å²) in [6.07, 6.45) is 6.36. The lowest BCUT2D eigenvalue weighted by molar-refractivity contribution is 0.191. The van der Waals surface area contributed by atoms with Crippen molar-refractivity contribution in [1.82, 2.24) is 14.7 Å². The van der Waals surface area contributed by atoms with Crippen LogP contribution in [0.25, 0.3) is 4.96 Å². The number of thiazole rings is 1. The molecule has 0 fully saturated rings. The minimum Gasteiger partial charge on any atom is -0.383 e. The van der Waals surface area contributed by atoms with Crippen molar-refractivity contribution in [3.63, 3.8) is 0 Å². The lowest BCUT2D eigenvalue weighted by Gasteiger charge is -2.27. The van der Waals surface area contributed by atoms with Crippen molar-refractivity contribution in [2.45, 2.75) is 26.7 Å². The van der Waals surface area contributed by atoms with Crippen LogP contribution in [0.4, 0.5) is 0 Å². The monoisotopic (exact) mass is 281 g/mol. The lowest BCUT2D eigenvalue weighted by Crippen LogP contribution is -2.35. The van der Waals surface area contributed by atoms with Crippen LogP contribution in [0.1, 0.15) is 26.0 Å². The third-order valence-corrected chi connectivity index (χ3v) is 4.41. The van der Waals surface area contributed by atoms with E-state index in [0.29, 0.717) is 0 Å². The van der Waals surface area contributed by atoms with Crippen LogP contribution in [0.5, 0.6) is 0 Å². The molecule has 19 heavy (non-hydrogen) atoms. The maximum absolute atomic E-state index is 5.06. The summed E-state index contributed by atoms with van der Waals surface area (Å²) < 4.78 is 7.17. The highest BCUT2D eigenvalue weighted by Crippen LogP contribution is 2.26. The van der Waals surface area contributed by atoms with E-state index >= 15 is 0 Å². The molecule has 0 aliphatic rings. The minimum absolute atomic E-state index is 0.248. The molecule has 0 spiro atoms. The van der Waals surface area contributed by atoms with E-state index in [1.807, 2.05) is 0 Å². The highest BCUT2D eigenvalue weighted by molar-refractivity contribution is 7.15. The van der Waals surface area contributed by atoms with E-state index in [0.717, 1.165) is 37.5 Å². The molecule has 0 amide bonds. The standard InChI is InChI=1S/C14H23N3OS/c1-4-14(2,11-15-5-7-18-3)9-12-10-17-6-8-19-13(17)16-12/h6,8,10,15H,4-5,7,9,11H2,1-3H3. The molecule has 0 saturated carbocycles. The van der Waals surface area contributed by atoms with Gasteiger partial charge in [-0.25, -0.2) is 4.98 Å². The fourth-order valence-corrected chi connectivity index (χ4v) is 2.89. The maximum atomic E-state index is 5.06. The summed E-state index contributed by atoms with van der Waals surface area (Å²) in [6, 6.07) is 0. The Morgan fingerprint density at radius 3 is 3.05 bits per heavy atom. The number of methoxy groups -OCH3 is 1. The molecule has 1 unspecified atom stereocenters. The van der Waals surface area contributed by atoms with E-state index in [2.05, 4.69) is 46.3 Å². The lowest BCUT2D eigenvalue weighted by atomic mass is 9.83. The van der Waals surface area contributed by atoms with Crippen molar-refractivity contribution in [1.29, 1.82) is 0 Å². The molecule has 2 aromatic rings. The van der Waals surface area contributed by atoms with Gasteiger partial charge >= 0.3 is 0 Å². The van der Waals surface area contributed by atoms with Gasteiger partial charge < -0.3 is 10.1 Å². The Morgan fingerprint density at radius 1 is 1.53 bits per heavy atom. The van der Waals surface area contributed by atoms with E-state index in [1.165, 1.54) is 5.69 Å². The predicted octanol–water partition coefficient (Wildman–Crippen LogP) is 2.59. The second-order valence-electron chi connectivity index (χ2n) is 5.34. The number of fused-ring (bicyclic) bond motifs is 1. The number of ether oxygens (including phenoxy) is 1. The van der Waals surface area contributed by atoms with Crippen molar-refractivity contribution in [2.75, 3.05) is 26.8 Å². The first kappa shape index (κ1) is 14.5. The van der Waals surface area contributed by atoms with Crippen LogP contribution in [0.2, 0.25) is 0 Å². The second kappa shape index (κ2) is 6.50. The molecule has 0 aliphatic heterocycles. The van der Waals surface area contributed by atoms with Gasteiger partial charge in [0, 0.05) is 38.0 Å². The van der Waals surface area contributed by atoms with E-state index < -0.39 is 0 Å². The van der Waals surface area contributed by atoms with Gasteiger partial charge in [-0.3, -0.25) is 4.40 Å². The molecule has 5 heteroatoms. The van der Waals surface area contributed by atoms with Crippen molar-refractivity contribution in [3.05, 3.63) is 23.5 Å². The fourth-order valence-electron chi connectivity index (χ4n) is 2.18. The van der Waals surface area contributed by atoms with Crippen LogP contribution in [0.15, 0.2) is 17.8 Å². The smallest absolute Gasteiger partial charge is 0.193 e. The summed E-state index contributed by atoms with van der Waals surface area (Å²) in [4.78, 5) is 5.76. The van der Waals surface area contributed by atoms with E-state index in [4.69, 9.17) is 4.74 Å². The number of rotatable bonds is 8. The summed E-state index contributed by atoms with van der Waals surface area (Å²) in [5, 5.41) is 5.54. The van der Waals surface area contributed by atoms with Crippen LogP contribution in [-0.2, 0) is 11.2 Å². The van der Waals surface area contributed by atoms with Gasteiger partial charge in [-0.2, -0.15) is 0 Å². The first-order valence-corrected chi connectivity index (χ1v) is 7.65. The zero-order chi connectivity index (χ0) is 13.7. The van der Waals surface area contributed by atoms with Gasteiger partial charge in [-0.1, -0.05) is 13.8 Å². The van der Waals surface area contributed by atoms with Gasteiger partial charge in [0.15, 0.2) is 4.96 Å². The molecule has 1 atom stereocenters. The number of nitrogens with one attached hydrogen (secondary N) is 1. The first-order chi connectivity index (χ1) is 9.17. The van der Waals surface area contributed by atoms with Crippen molar-refractivity contribution in [2.24, 2.45) is 5.41 Å². The van der Waals surface area contributed by atoms with Crippen molar-refractivity contribution >= 4 is 16.3 Å². The molecule has 0 radical (unpaired) electrons. The topological polar surface area (TPSA) is 38.6 Å². The van der Waals surface area contributed by atoms with Gasteiger partial charge in [-0.15, -0.1) is 11.3 Å². The largest absolute Gasteiger partial charge is 0.383 e. The molecular formula is C14H23N3OS. The molecule has 0 aliphatic carbocycles. The third-order valence-electron chi connectivity index (χ3n) is 3.64. The quantitative estimate of drug-likeness (QED) is 0.756. The van der Waals surface area contributed by atoms with Gasteiger partial charge in [0.05, 0.1) is 12.3 Å². The predicted molar refractivity (Wildman–Crippen MR) is 79.9 cm³/mol. The molecule has 106 valence electrons. The Hall–Kier alpha value is -0.910. The number of nitrogens with zero attached hydrogens (tertiary/aromatic N) is 2. The Balaban J connectivity index is 1.94. The van der Waals surface area contributed by atoms with Gasteiger partial charge in [0.25, 0.3) is 0 Å². The average molecular weight is 281 g/mol. The SMILES string of the molecule is CCC(C)(CNCCOC)Cc1cn2ccsc2n1. The highest BCUT2D eigenvalue weighted by atomic mass is 32.1. The zero-order valence-corrected chi connectivity index (χ0v) is 12.8. The number of hydrogen-bond acceptors (Lipinski definition) is 4. The van der Waals surface area contributed by atoms with Crippen LogP contribution in [0, 0.1) is 5.41 Å². The Kier molecular flexibility index (Phi) is 4.96. The number of imidazole rings is 1. The van der Waals surface area contributed by atoms with Crippen molar-refractivity contribution < 1.29 is 4.74 Å². The summed E-state index contributed by atoms with van der Waals surface area (Å²) in [7, 11) is 1.73. The average Bonchev–Trinajstić information content (AvgIpc) is 2.95. The molecule has 0 bridgehead atoms. The molecule has 0 aromatic carbocycles.